The number of carbonyl (C=O) groups excluding carboxylic acids is 3. The molecule has 0 saturated heterocycles. The SMILES string of the molecule is CNC(=O)C1Cn2nc3c(c2C(=O)N(C)O1)CN(C(=O)Nc1ccc(F)c(Cl)c1F)CC3. The summed E-state index contributed by atoms with van der Waals surface area (Å²) in [4.78, 5) is 44.5. The summed E-state index contributed by atoms with van der Waals surface area (Å²) in [5.74, 6) is -2.94. The number of halogens is 3. The van der Waals surface area contributed by atoms with E-state index < -0.39 is 40.6 Å². The number of hydroxylamine groups is 2. The second-order valence-corrected chi connectivity index (χ2v) is 7.67. The summed E-state index contributed by atoms with van der Waals surface area (Å²) in [6.07, 6.45) is -0.611. The fourth-order valence-corrected chi connectivity index (χ4v) is 3.82. The van der Waals surface area contributed by atoms with E-state index >= 15 is 0 Å². The number of likely N-dealkylation sites (N-methyl/N-ethyl adjacent to an activating group) is 1. The van der Waals surface area contributed by atoms with Crippen molar-refractivity contribution in [3.8, 4) is 0 Å². The van der Waals surface area contributed by atoms with Crippen molar-refractivity contribution in [1.82, 2.24) is 25.1 Å². The largest absolute Gasteiger partial charge is 0.357 e. The normalized spacial score (nSPS) is 18.0. The molecule has 1 aromatic carbocycles. The van der Waals surface area contributed by atoms with Gasteiger partial charge in [-0.25, -0.2) is 18.6 Å². The second kappa shape index (κ2) is 8.36. The molecule has 0 spiro atoms. The lowest BCUT2D eigenvalue weighted by atomic mass is 10.1. The Bertz CT molecular complexity index is 1120. The maximum absolute atomic E-state index is 14.2. The highest BCUT2D eigenvalue weighted by Crippen LogP contribution is 2.28. The van der Waals surface area contributed by atoms with Gasteiger partial charge >= 0.3 is 6.03 Å². The Morgan fingerprint density at radius 2 is 2.06 bits per heavy atom. The number of fused-ring (bicyclic) bond motifs is 3. The van der Waals surface area contributed by atoms with Crippen LogP contribution in [-0.2, 0) is 29.1 Å². The Morgan fingerprint density at radius 3 is 2.78 bits per heavy atom. The van der Waals surface area contributed by atoms with Gasteiger partial charge in [-0.05, 0) is 12.1 Å². The number of nitrogens with zero attached hydrogens (tertiary/aromatic N) is 4. The van der Waals surface area contributed by atoms with E-state index in [1.165, 1.54) is 23.7 Å². The molecule has 10 nitrogen and oxygen atoms in total. The maximum Gasteiger partial charge on any atom is 0.322 e. The average Bonchev–Trinajstić information content (AvgIpc) is 3.08. The molecule has 1 unspecified atom stereocenters. The summed E-state index contributed by atoms with van der Waals surface area (Å²) in [6, 6.07) is 1.38. The van der Waals surface area contributed by atoms with Gasteiger partial charge in [-0.15, -0.1) is 0 Å². The van der Waals surface area contributed by atoms with Gasteiger partial charge in [0.25, 0.3) is 11.8 Å². The van der Waals surface area contributed by atoms with Gasteiger partial charge in [-0.3, -0.25) is 19.1 Å². The average molecular weight is 469 g/mol. The van der Waals surface area contributed by atoms with Crippen molar-refractivity contribution >= 4 is 35.1 Å². The summed E-state index contributed by atoms with van der Waals surface area (Å²) in [6.45, 7) is 0.298. The zero-order valence-corrected chi connectivity index (χ0v) is 17.9. The molecule has 2 aliphatic rings. The number of urea groups is 1. The smallest absolute Gasteiger partial charge is 0.322 e. The van der Waals surface area contributed by atoms with Crippen molar-refractivity contribution in [3.63, 3.8) is 0 Å². The van der Waals surface area contributed by atoms with Crippen LogP contribution in [0.4, 0.5) is 19.3 Å². The van der Waals surface area contributed by atoms with Crippen LogP contribution in [0.1, 0.15) is 21.7 Å². The molecule has 2 N–H and O–H groups in total. The molecule has 1 aromatic heterocycles. The maximum atomic E-state index is 14.2. The molecule has 32 heavy (non-hydrogen) atoms. The van der Waals surface area contributed by atoms with Gasteiger partial charge < -0.3 is 15.5 Å². The predicted octanol–water partition coefficient (Wildman–Crippen LogP) is 1.54. The highest BCUT2D eigenvalue weighted by Gasteiger charge is 2.37. The number of hydrogen-bond donors (Lipinski definition) is 2. The van der Waals surface area contributed by atoms with Crippen molar-refractivity contribution in [2.24, 2.45) is 0 Å². The van der Waals surface area contributed by atoms with Gasteiger partial charge in [0, 0.05) is 32.6 Å². The Kier molecular flexibility index (Phi) is 5.73. The molecular weight excluding hydrogens is 450 g/mol. The van der Waals surface area contributed by atoms with Crippen LogP contribution in [0.3, 0.4) is 0 Å². The summed E-state index contributed by atoms with van der Waals surface area (Å²) in [7, 11) is 2.85. The minimum absolute atomic E-state index is 0.0174. The quantitative estimate of drug-likeness (QED) is 0.650. The van der Waals surface area contributed by atoms with E-state index in [2.05, 4.69) is 15.7 Å². The van der Waals surface area contributed by atoms with E-state index in [1.54, 1.807) is 0 Å². The standard InChI is InChI=1S/C19H19ClF2N6O4/c1-23-17(29)13-8-28-16(18(30)26(2)32-13)9-7-27(6-5-11(9)25-28)19(31)24-12-4-3-10(21)14(20)15(12)22/h3-4,13H,5-8H2,1-2H3,(H,23,29)(H,24,31). The van der Waals surface area contributed by atoms with Crippen LogP contribution >= 0.6 is 11.6 Å². The molecule has 2 aliphatic heterocycles. The first-order valence-electron chi connectivity index (χ1n) is 9.65. The fraction of sp³-hybridized carbons (Fsp3) is 0.368. The first-order chi connectivity index (χ1) is 15.2. The van der Waals surface area contributed by atoms with Crippen LogP contribution in [0, 0.1) is 11.6 Å². The van der Waals surface area contributed by atoms with Crippen molar-refractivity contribution in [1.29, 1.82) is 0 Å². The van der Waals surface area contributed by atoms with E-state index in [0.29, 0.717) is 17.7 Å². The highest BCUT2D eigenvalue weighted by molar-refractivity contribution is 6.31. The van der Waals surface area contributed by atoms with Crippen molar-refractivity contribution < 1.29 is 28.0 Å². The molecule has 1 atom stereocenters. The van der Waals surface area contributed by atoms with E-state index in [9.17, 15) is 23.2 Å². The van der Waals surface area contributed by atoms with E-state index in [4.69, 9.17) is 16.4 Å². The van der Waals surface area contributed by atoms with Gasteiger partial charge in [0.1, 0.15) is 16.5 Å². The minimum atomic E-state index is -1.08. The molecule has 0 aliphatic carbocycles. The highest BCUT2D eigenvalue weighted by atomic mass is 35.5. The van der Waals surface area contributed by atoms with Gasteiger partial charge in [0.2, 0.25) is 0 Å². The topological polar surface area (TPSA) is 109 Å². The van der Waals surface area contributed by atoms with Crippen LogP contribution < -0.4 is 10.6 Å². The Morgan fingerprint density at radius 1 is 1.31 bits per heavy atom. The summed E-state index contributed by atoms with van der Waals surface area (Å²) in [5, 5.41) is 9.55. The Labute approximate surface area is 186 Å². The fourth-order valence-electron chi connectivity index (χ4n) is 3.66. The second-order valence-electron chi connectivity index (χ2n) is 7.29. The van der Waals surface area contributed by atoms with E-state index in [1.807, 2.05) is 0 Å². The number of rotatable bonds is 2. The number of aromatic nitrogens is 2. The van der Waals surface area contributed by atoms with Gasteiger partial charge in [-0.1, -0.05) is 11.6 Å². The zero-order chi connectivity index (χ0) is 23.2. The molecule has 170 valence electrons. The molecular formula is C19H19ClF2N6O4. The number of nitrogens with one attached hydrogen (secondary N) is 2. The third-order valence-electron chi connectivity index (χ3n) is 5.32. The first-order valence-corrected chi connectivity index (χ1v) is 10.0. The molecule has 3 heterocycles. The minimum Gasteiger partial charge on any atom is -0.357 e. The van der Waals surface area contributed by atoms with Crippen LogP contribution in [0.2, 0.25) is 5.02 Å². The Balaban J connectivity index is 1.59. The molecule has 0 saturated carbocycles. The predicted molar refractivity (Wildman–Crippen MR) is 108 cm³/mol. The van der Waals surface area contributed by atoms with Gasteiger partial charge in [0.15, 0.2) is 11.9 Å². The van der Waals surface area contributed by atoms with Crippen LogP contribution in [0.25, 0.3) is 0 Å². The number of anilines is 1. The number of carbonyl (C=O) groups is 3. The number of amides is 4. The van der Waals surface area contributed by atoms with Crippen molar-refractivity contribution in [2.75, 3.05) is 26.0 Å². The molecule has 13 heteroatoms. The molecule has 0 radical (unpaired) electrons. The van der Waals surface area contributed by atoms with Crippen LogP contribution in [-0.4, -0.2) is 64.3 Å². The third kappa shape index (κ3) is 3.75. The Hall–Kier alpha value is -3.25. The monoisotopic (exact) mass is 468 g/mol. The molecule has 4 rings (SSSR count). The molecule has 0 fully saturated rings. The van der Waals surface area contributed by atoms with Crippen molar-refractivity contribution in [3.05, 3.63) is 45.7 Å². The van der Waals surface area contributed by atoms with Crippen LogP contribution in [0.15, 0.2) is 12.1 Å². The first kappa shape index (κ1) is 22.0. The summed E-state index contributed by atoms with van der Waals surface area (Å²) in [5.41, 5.74) is 1.09. The number of hydrogen-bond acceptors (Lipinski definition) is 5. The number of benzene rings is 1. The molecule has 4 amide bonds. The summed E-state index contributed by atoms with van der Waals surface area (Å²) < 4.78 is 28.9. The summed E-state index contributed by atoms with van der Waals surface area (Å²) >= 11 is 5.57. The lowest BCUT2D eigenvalue weighted by molar-refractivity contribution is -0.168. The lowest BCUT2D eigenvalue weighted by Crippen LogP contribution is -2.41. The van der Waals surface area contributed by atoms with Crippen molar-refractivity contribution in [2.45, 2.75) is 25.6 Å². The van der Waals surface area contributed by atoms with Crippen LogP contribution in [0.5, 0.6) is 0 Å². The third-order valence-corrected chi connectivity index (χ3v) is 5.66. The van der Waals surface area contributed by atoms with Gasteiger partial charge in [0.05, 0.1) is 24.5 Å². The van der Waals surface area contributed by atoms with E-state index in [-0.39, 0.29) is 31.0 Å². The lowest BCUT2D eigenvalue weighted by Gasteiger charge is -2.27. The molecule has 2 aromatic rings. The molecule has 0 bridgehead atoms. The van der Waals surface area contributed by atoms with Gasteiger partial charge in [-0.2, -0.15) is 5.10 Å². The zero-order valence-electron chi connectivity index (χ0n) is 17.1. The van der Waals surface area contributed by atoms with E-state index in [0.717, 1.165) is 17.2 Å².